The molecule has 0 atom stereocenters. The Hall–Kier alpha value is -1.12. The first-order chi connectivity index (χ1) is 10.1. The highest BCUT2D eigenvalue weighted by Crippen LogP contribution is 2.25. The molecule has 8 heteroatoms. The lowest BCUT2D eigenvalue weighted by atomic mass is 10.2. The summed E-state index contributed by atoms with van der Waals surface area (Å²) in [5.41, 5.74) is 0. The highest BCUT2D eigenvalue weighted by atomic mass is 32.2. The molecule has 1 fully saturated rings. The van der Waals surface area contributed by atoms with Gasteiger partial charge in [0.2, 0.25) is 0 Å². The van der Waals surface area contributed by atoms with E-state index in [0.717, 1.165) is 47.6 Å². The molecule has 0 radical (unpaired) electrons. The van der Waals surface area contributed by atoms with Crippen molar-refractivity contribution in [3.05, 3.63) is 11.8 Å². The van der Waals surface area contributed by atoms with E-state index in [0.29, 0.717) is 6.67 Å². The van der Waals surface area contributed by atoms with Crippen molar-refractivity contribution in [1.29, 1.82) is 0 Å². The van der Waals surface area contributed by atoms with E-state index >= 15 is 0 Å². The summed E-state index contributed by atoms with van der Waals surface area (Å²) in [6, 6.07) is 1.88. The van der Waals surface area contributed by atoms with Gasteiger partial charge < -0.3 is 9.63 Å². The second kappa shape index (κ2) is 7.77. The minimum absolute atomic E-state index is 0.253. The van der Waals surface area contributed by atoms with Gasteiger partial charge in [-0.15, -0.1) is 0 Å². The number of hydrogen-bond acceptors (Lipinski definition) is 6. The van der Waals surface area contributed by atoms with Crippen LogP contribution in [0, 0.1) is 6.92 Å². The molecule has 21 heavy (non-hydrogen) atoms. The van der Waals surface area contributed by atoms with Crippen LogP contribution in [0.2, 0.25) is 0 Å². The molecular weight excluding hydrogens is 310 g/mol. The molecule has 116 valence electrons. The minimum atomic E-state index is -0.721. The summed E-state index contributed by atoms with van der Waals surface area (Å²) in [4.78, 5) is 14.7. The molecule has 1 aromatic heterocycles. The summed E-state index contributed by atoms with van der Waals surface area (Å²) in [5.74, 6) is 1.66. The first-order valence-electron chi connectivity index (χ1n) is 6.88. The first-order valence-corrected chi connectivity index (χ1v) is 8.27. The van der Waals surface area contributed by atoms with Crippen molar-refractivity contribution in [3.8, 4) is 0 Å². The molecule has 0 amide bonds. The predicted molar refractivity (Wildman–Crippen MR) is 86.5 cm³/mol. The van der Waals surface area contributed by atoms with E-state index in [-0.39, 0.29) is 6.42 Å². The molecule has 2 heterocycles. The molecule has 1 aliphatic rings. The zero-order valence-corrected chi connectivity index (χ0v) is 13.6. The fraction of sp³-hybridized carbons (Fsp3) is 0.615. The Bertz CT molecular complexity index is 507. The number of thioether (sulfide) groups is 1. The van der Waals surface area contributed by atoms with Gasteiger partial charge in [-0.3, -0.25) is 14.6 Å². The molecule has 1 aliphatic heterocycles. The zero-order chi connectivity index (χ0) is 15.2. The van der Waals surface area contributed by atoms with Crippen molar-refractivity contribution < 1.29 is 14.4 Å². The summed E-state index contributed by atoms with van der Waals surface area (Å²) in [6.45, 7) is 3.50. The predicted octanol–water partition coefficient (Wildman–Crippen LogP) is 2.68. The lowest BCUT2D eigenvalue weighted by molar-refractivity contribution is -0.137. The maximum atomic E-state index is 10.5. The number of carboxylic acid groups (broad SMARTS) is 1. The SMILES string of the molecule is Cc1cc(N2CN(CCCCCC(=O)O)CSC2=S)no1. The molecule has 2 rings (SSSR count). The number of rotatable bonds is 7. The molecule has 0 unspecified atom stereocenters. The summed E-state index contributed by atoms with van der Waals surface area (Å²) in [6.07, 6.45) is 2.91. The third kappa shape index (κ3) is 4.98. The van der Waals surface area contributed by atoms with E-state index < -0.39 is 5.97 Å². The van der Waals surface area contributed by atoms with Crippen molar-refractivity contribution in [1.82, 2.24) is 10.1 Å². The Kier molecular flexibility index (Phi) is 6.01. The van der Waals surface area contributed by atoms with Crippen LogP contribution in [-0.4, -0.2) is 44.5 Å². The number of carbonyl (C=O) groups is 1. The average Bonchev–Trinajstić information content (AvgIpc) is 2.86. The van der Waals surface area contributed by atoms with E-state index in [1.165, 1.54) is 0 Å². The fourth-order valence-electron chi connectivity index (χ4n) is 2.09. The summed E-state index contributed by atoms with van der Waals surface area (Å²) < 4.78 is 5.91. The lowest BCUT2D eigenvalue weighted by Crippen LogP contribution is -2.45. The molecule has 0 saturated carbocycles. The van der Waals surface area contributed by atoms with Gasteiger partial charge in [-0.2, -0.15) is 0 Å². The number of nitrogens with zero attached hydrogens (tertiary/aromatic N) is 3. The van der Waals surface area contributed by atoms with Gasteiger partial charge in [-0.1, -0.05) is 35.6 Å². The Morgan fingerprint density at radius 3 is 3.00 bits per heavy atom. The van der Waals surface area contributed by atoms with Crippen molar-refractivity contribution in [3.63, 3.8) is 0 Å². The maximum absolute atomic E-state index is 10.5. The van der Waals surface area contributed by atoms with Crippen LogP contribution in [0.4, 0.5) is 5.82 Å². The van der Waals surface area contributed by atoms with E-state index in [9.17, 15) is 4.79 Å². The summed E-state index contributed by atoms with van der Waals surface area (Å²) in [5, 5.41) is 12.6. The Morgan fingerprint density at radius 1 is 1.52 bits per heavy atom. The largest absolute Gasteiger partial charge is 0.481 e. The van der Waals surface area contributed by atoms with Crippen LogP contribution in [0.1, 0.15) is 31.4 Å². The highest BCUT2D eigenvalue weighted by molar-refractivity contribution is 8.23. The van der Waals surface area contributed by atoms with E-state index in [1.54, 1.807) is 11.8 Å². The van der Waals surface area contributed by atoms with Crippen molar-refractivity contribution >= 4 is 40.1 Å². The van der Waals surface area contributed by atoms with Crippen LogP contribution in [0.15, 0.2) is 10.6 Å². The smallest absolute Gasteiger partial charge is 0.303 e. The number of aryl methyl sites for hydroxylation is 1. The number of unbranched alkanes of at least 4 members (excludes halogenated alkanes) is 2. The molecule has 0 bridgehead atoms. The monoisotopic (exact) mass is 329 g/mol. The second-order valence-corrected chi connectivity index (χ2v) is 6.58. The van der Waals surface area contributed by atoms with Gasteiger partial charge in [0, 0.05) is 19.0 Å². The van der Waals surface area contributed by atoms with Crippen LogP contribution >= 0.6 is 24.0 Å². The number of carboxylic acids is 1. The van der Waals surface area contributed by atoms with Crippen molar-refractivity contribution in [2.75, 3.05) is 24.0 Å². The van der Waals surface area contributed by atoms with Crippen LogP contribution in [0.5, 0.6) is 0 Å². The average molecular weight is 329 g/mol. The van der Waals surface area contributed by atoms with E-state index in [4.69, 9.17) is 21.8 Å². The van der Waals surface area contributed by atoms with Gasteiger partial charge in [-0.25, -0.2) is 0 Å². The Labute approximate surface area is 133 Å². The number of aromatic nitrogens is 1. The topological polar surface area (TPSA) is 69.8 Å². The minimum Gasteiger partial charge on any atom is -0.481 e. The molecule has 6 nitrogen and oxygen atoms in total. The third-order valence-electron chi connectivity index (χ3n) is 3.19. The van der Waals surface area contributed by atoms with Gasteiger partial charge in [0.1, 0.15) is 10.1 Å². The standard InChI is InChI=1S/C13H19N3O3S2/c1-10-7-11(14-19-10)16-8-15(9-21-13(16)20)6-4-2-3-5-12(17)18/h7H,2-6,8-9H2,1H3,(H,17,18). The number of hydrogen-bond donors (Lipinski definition) is 1. The maximum Gasteiger partial charge on any atom is 0.303 e. The molecular formula is C13H19N3O3S2. The van der Waals surface area contributed by atoms with Gasteiger partial charge in [0.15, 0.2) is 5.82 Å². The molecule has 1 N–H and O–H groups in total. The van der Waals surface area contributed by atoms with Gasteiger partial charge in [0.25, 0.3) is 0 Å². The van der Waals surface area contributed by atoms with Crippen LogP contribution < -0.4 is 4.90 Å². The van der Waals surface area contributed by atoms with Gasteiger partial charge >= 0.3 is 5.97 Å². The molecule has 1 aromatic rings. The lowest BCUT2D eigenvalue weighted by Gasteiger charge is -2.35. The first kappa shape index (κ1) is 16.3. The summed E-state index contributed by atoms with van der Waals surface area (Å²) >= 11 is 6.98. The van der Waals surface area contributed by atoms with Gasteiger partial charge in [0.05, 0.1) is 12.5 Å². The Balaban J connectivity index is 1.78. The molecule has 0 spiro atoms. The van der Waals surface area contributed by atoms with Crippen LogP contribution in [-0.2, 0) is 4.79 Å². The number of thiocarbonyl (C=S) groups is 1. The van der Waals surface area contributed by atoms with E-state index in [1.807, 2.05) is 17.9 Å². The summed E-state index contributed by atoms with van der Waals surface area (Å²) in [7, 11) is 0. The van der Waals surface area contributed by atoms with Crippen molar-refractivity contribution in [2.45, 2.75) is 32.6 Å². The third-order valence-corrected chi connectivity index (χ3v) is 4.72. The molecule has 0 aliphatic carbocycles. The van der Waals surface area contributed by atoms with Crippen molar-refractivity contribution in [2.24, 2.45) is 0 Å². The number of anilines is 1. The normalized spacial score (nSPS) is 16.4. The Morgan fingerprint density at radius 2 is 2.33 bits per heavy atom. The van der Waals surface area contributed by atoms with Crippen LogP contribution in [0.3, 0.4) is 0 Å². The quantitative estimate of drug-likeness (QED) is 0.605. The molecule has 0 aromatic carbocycles. The highest BCUT2D eigenvalue weighted by Gasteiger charge is 2.24. The number of aliphatic carboxylic acids is 1. The zero-order valence-electron chi connectivity index (χ0n) is 11.9. The van der Waals surface area contributed by atoms with Crippen LogP contribution in [0.25, 0.3) is 0 Å². The van der Waals surface area contributed by atoms with E-state index in [2.05, 4.69) is 10.1 Å². The fourth-order valence-corrected chi connectivity index (χ4v) is 3.21. The second-order valence-electron chi connectivity index (χ2n) is 5.00. The van der Waals surface area contributed by atoms with Gasteiger partial charge in [-0.05, 0) is 19.8 Å². The molecule has 1 saturated heterocycles.